The Bertz CT molecular complexity index is 1010. The molecule has 3 aromatic rings. The maximum atomic E-state index is 12.4. The number of benzene rings is 2. The summed E-state index contributed by atoms with van der Waals surface area (Å²) in [5.41, 5.74) is 1.12. The highest BCUT2D eigenvalue weighted by Crippen LogP contribution is 2.25. The minimum Gasteiger partial charge on any atom is -0.452 e. The van der Waals surface area contributed by atoms with Crippen molar-refractivity contribution in [3.05, 3.63) is 69.3 Å². The zero-order valence-electron chi connectivity index (χ0n) is 13.1. The third-order valence-electron chi connectivity index (χ3n) is 3.44. The number of aromatic nitrogens is 1. The second-order valence-electron chi connectivity index (χ2n) is 5.26. The number of fused-ring (bicyclic) bond motifs is 1. The maximum absolute atomic E-state index is 12.4. The number of esters is 1. The molecule has 8 heteroatoms. The number of hydrogen-bond donors (Lipinski definition) is 1. The second-order valence-corrected chi connectivity index (χ2v) is 6.49. The summed E-state index contributed by atoms with van der Waals surface area (Å²) in [5, 5.41) is 4.01. The maximum Gasteiger partial charge on any atom is 0.339 e. The number of ether oxygens (including phenoxy) is 1. The number of nitrogens with one attached hydrogen (secondary N) is 1. The number of halogens is 3. The van der Waals surface area contributed by atoms with Crippen LogP contribution in [-0.4, -0.2) is 23.5 Å². The highest BCUT2D eigenvalue weighted by Gasteiger charge is 2.16. The van der Waals surface area contributed by atoms with E-state index in [1.807, 2.05) is 0 Å². The Hall–Kier alpha value is -2.34. The number of hydrogen-bond acceptors (Lipinski definition) is 4. The Labute approximate surface area is 163 Å². The van der Waals surface area contributed by atoms with Gasteiger partial charge in [-0.2, -0.15) is 0 Å². The van der Waals surface area contributed by atoms with Crippen LogP contribution < -0.4 is 5.32 Å². The molecular weight excluding hydrogens is 399 g/mol. The van der Waals surface area contributed by atoms with E-state index in [0.29, 0.717) is 26.6 Å². The highest BCUT2D eigenvalue weighted by atomic mass is 35.5. The van der Waals surface area contributed by atoms with Gasteiger partial charge in [-0.1, -0.05) is 53.0 Å². The van der Waals surface area contributed by atoms with E-state index in [9.17, 15) is 9.59 Å². The molecule has 0 aliphatic heterocycles. The average Bonchev–Trinajstić information content (AvgIpc) is 2.62. The van der Waals surface area contributed by atoms with Crippen molar-refractivity contribution in [1.82, 2.24) is 4.98 Å². The normalized spacial score (nSPS) is 10.6. The van der Waals surface area contributed by atoms with Crippen molar-refractivity contribution in [3.63, 3.8) is 0 Å². The van der Waals surface area contributed by atoms with Gasteiger partial charge in [0.1, 0.15) is 5.15 Å². The van der Waals surface area contributed by atoms with Crippen LogP contribution in [0.15, 0.2) is 48.5 Å². The zero-order chi connectivity index (χ0) is 18.7. The molecule has 0 spiro atoms. The van der Waals surface area contributed by atoms with Crippen molar-refractivity contribution in [3.8, 4) is 0 Å². The molecule has 0 bridgehead atoms. The Kier molecular flexibility index (Phi) is 5.61. The van der Waals surface area contributed by atoms with Crippen molar-refractivity contribution < 1.29 is 14.3 Å². The number of nitrogens with zero attached hydrogens (tertiary/aromatic N) is 1. The highest BCUT2D eigenvalue weighted by molar-refractivity contribution is 6.35. The van der Waals surface area contributed by atoms with Crippen LogP contribution in [0.4, 0.5) is 5.69 Å². The van der Waals surface area contributed by atoms with Crippen LogP contribution in [0.3, 0.4) is 0 Å². The summed E-state index contributed by atoms with van der Waals surface area (Å²) in [6, 6.07) is 13.0. The molecule has 26 heavy (non-hydrogen) atoms. The molecule has 5 nitrogen and oxygen atoms in total. The fraction of sp³-hybridized carbons (Fsp3) is 0.0556. The van der Waals surface area contributed by atoms with Crippen LogP contribution in [-0.2, 0) is 9.53 Å². The number of rotatable bonds is 4. The molecule has 0 aliphatic carbocycles. The van der Waals surface area contributed by atoms with Crippen molar-refractivity contribution in [2.45, 2.75) is 0 Å². The molecule has 0 radical (unpaired) electrons. The van der Waals surface area contributed by atoms with E-state index >= 15 is 0 Å². The van der Waals surface area contributed by atoms with Gasteiger partial charge in [-0.3, -0.25) is 4.79 Å². The number of carbonyl (C=O) groups is 2. The summed E-state index contributed by atoms with van der Waals surface area (Å²) in [5.74, 6) is -1.23. The Morgan fingerprint density at radius 3 is 2.62 bits per heavy atom. The number of anilines is 1. The van der Waals surface area contributed by atoms with Gasteiger partial charge in [0.05, 0.1) is 21.8 Å². The first-order valence-electron chi connectivity index (χ1n) is 7.41. The monoisotopic (exact) mass is 408 g/mol. The van der Waals surface area contributed by atoms with Gasteiger partial charge in [-0.15, -0.1) is 0 Å². The molecule has 1 heterocycles. The van der Waals surface area contributed by atoms with Crippen molar-refractivity contribution in [2.75, 3.05) is 11.9 Å². The van der Waals surface area contributed by atoms with E-state index in [-0.39, 0.29) is 10.7 Å². The van der Waals surface area contributed by atoms with Gasteiger partial charge in [0.2, 0.25) is 0 Å². The predicted molar refractivity (Wildman–Crippen MR) is 102 cm³/mol. The zero-order valence-corrected chi connectivity index (χ0v) is 15.4. The van der Waals surface area contributed by atoms with E-state index in [1.165, 1.54) is 12.1 Å². The Morgan fingerprint density at radius 2 is 1.81 bits per heavy atom. The molecule has 0 saturated heterocycles. The smallest absolute Gasteiger partial charge is 0.339 e. The topological polar surface area (TPSA) is 68.3 Å². The first-order chi connectivity index (χ1) is 12.4. The predicted octanol–water partition coefficient (Wildman–Crippen LogP) is 4.99. The number of para-hydroxylation sites is 1. The van der Waals surface area contributed by atoms with Crippen LogP contribution in [0.1, 0.15) is 10.4 Å². The number of carbonyl (C=O) groups excluding carboxylic acids is 2. The van der Waals surface area contributed by atoms with Gasteiger partial charge in [0.25, 0.3) is 5.91 Å². The first kappa shape index (κ1) is 18.5. The third kappa shape index (κ3) is 4.25. The van der Waals surface area contributed by atoms with Crippen molar-refractivity contribution in [1.29, 1.82) is 0 Å². The third-order valence-corrected chi connectivity index (χ3v) is 4.20. The lowest BCUT2D eigenvalue weighted by Gasteiger charge is -2.10. The Balaban J connectivity index is 1.71. The van der Waals surface area contributed by atoms with E-state index in [0.717, 1.165) is 0 Å². The van der Waals surface area contributed by atoms with Gasteiger partial charge in [0, 0.05) is 10.4 Å². The molecule has 0 aliphatic rings. The second kappa shape index (κ2) is 7.91. The van der Waals surface area contributed by atoms with E-state index < -0.39 is 18.5 Å². The average molecular weight is 410 g/mol. The quantitative estimate of drug-likeness (QED) is 0.487. The summed E-state index contributed by atoms with van der Waals surface area (Å²) >= 11 is 17.8. The van der Waals surface area contributed by atoms with Crippen molar-refractivity contribution >= 4 is 63.3 Å². The van der Waals surface area contributed by atoms with Crippen molar-refractivity contribution in [2.24, 2.45) is 0 Å². The van der Waals surface area contributed by atoms with Gasteiger partial charge < -0.3 is 10.1 Å². The fourth-order valence-electron chi connectivity index (χ4n) is 2.30. The minimum atomic E-state index is -0.683. The summed E-state index contributed by atoms with van der Waals surface area (Å²) in [7, 11) is 0. The lowest BCUT2D eigenvalue weighted by atomic mass is 10.1. The molecule has 2 aromatic carbocycles. The van der Waals surface area contributed by atoms with Gasteiger partial charge in [0.15, 0.2) is 6.61 Å². The lowest BCUT2D eigenvalue weighted by Crippen LogP contribution is -2.21. The van der Waals surface area contributed by atoms with E-state index in [1.54, 1.807) is 36.4 Å². The molecule has 0 unspecified atom stereocenters. The summed E-state index contributed by atoms with van der Waals surface area (Å²) in [4.78, 5) is 28.5. The lowest BCUT2D eigenvalue weighted by molar-refractivity contribution is -0.119. The molecule has 1 N–H and O–H groups in total. The molecular formula is C18H11Cl3N2O3. The number of pyridine rings is 1. The van der Waals surface area contributed by atoms with Gasteiger partial charge >= 0.3 is 5.97 Å². The summed E-state index contributed by atoms with van der Waals surface area (Å²) in [6.07, 6.45) is 0. The largest absolute Gasteiger partial charge is 0.452 e. The summed E-state index contributed by atoms with van der Waals surface area (Å²) in [6.45, 7) is -0.490. The summed E-state index contributed by atoms with van der Waals surface area (Å²) < 4.78 is 5.08. The minimum absolute atomic E-state index is 0.158. The molecule has 0 atom stereocenters. The Morgan fingerprint density at radius 1 is 1.04 bits per heavy atom. The van der Waals surface area contributed by atoms with E-state index in [4.69, 9.17) is 39.5 Å². The van der Waals surface area contributed by atoms with Gasteiger partial charge in [-0.05, 0) is 30.3 Å². The van der Waals surface area contributed by atoms with Crippen LogP contribution in [0.25, 0.3) is 10.9 Å². The van der Waals surface area contributed by atoms with Crippen LogP contribution >= 0.6 is 34.8 Å². The number of amides is 1. The first-order valence-corrected chi connectivity index (χ1v) is 8.55. The van der Waals surface area contributed by atoms with Crippen LogP contribution in [0.5, 0.6) is 0 Å². The van der Waals surface area contributed by atoms with E-state index in [2.05, 4.69) is 10.3 Å². The molecule has 3 rings (SSSR count). The molecule has 132 valence electrons. The molecule has 1 amide bonds. The SMILES string of the molecule is O=C(COC(=O)c1cc(Cl)nc2ccccc12)Nc1cc(Cl)ccc1Cl. The van der Waals surface area contributed by atoms with Crippen LogP contribution in [0.2, 0.25) is 15.2 Å². The van der Waals surface area contributed by atoms with Gasteiger partial charge in [-0.25, -0.2) is 9.78 Å². The standard InChI is InChI=1S/C18H11Cl3N2O3/c19-10-5-6-13(20)15(7-10)23-17(24)9-26-18(25)12-8-16(21)22-14-4-2-1-3-11(12)14/h1-8H,9H2,(H,23,24). The molecule has 0 fully saturated rings. The molecule has 1 aromatic heterocycles. The molecule has 0 saturated carbocycles. The fourth-order valence-corrected chi connectivity index (χ4v) is 2.84. The van der Waals surface area contributed by atoms with Crippen LogP contribution in [0, 0.1) is 0 Å².